The second kappa shape index (κ2) is 12.5. The number of hydrogen-bond donors (Lipinski definition) is 0. The van der Waals surface area contributed by atoms with Gasteiger partial charge in [-0.25, -0.2) is 0 Å². The highest BCUT2D eigenvalue weighted by Gasteiger charge is 2.46. The van der Waals surface area contributed by atoms with Gasteiger partial charge in [-0.3, -0.25) is 4.79 Å². The molecule has 1 aliphatic carbocycles. The second-order valence-electron chi connectivity index (χ2n) is 8.87. The van der Waals surface area contributed by atoms with Crippen LogP contribution in [0.3, 0.4) is 0 Å². The SMILES string of the molecule is CCCCCC[Si](CCCCCC)(c1ccccc1)[C@@H]1CC[C@H](C(=O)OC)C1. The summed E-state index contributed by atoms with van der Waals surface area (Å²) in [5, 5.41) is 1.65. The molecule has 1 aromatic rings. The first-order valence-corrected chi connectivity index (χ1v) is 14.3. The molecule has 0 spiro atoms. The molecule has 1 aromatic carbocycles. The van der Waals surface area contributed by atoms with Crippen LogP contribution in [0.25, 0.3) is 0 Å². The van der Waals surface area contributed by atoms with Gasteiger partial charge in [-0.15, -0.1) is 0 Å². The fourth-order valence-corrected chi connectivity index (χ4v) is 11.6. The Labute approximate surface area is 174 Å². The molecule has 3 heteroatoms. The first-order valence-electron chi connectivity index (χ1n) is 11.8. The number of methoxy groups -OCH3 is 1. The quantitative estimate of drug-likeness (QED) is 0.205. The van der Waals surface area contributed by atoms with Crippen LogP contribution in [0.2, 0.25) is 17.6 Å². The normalized spacial score (nSPS) is 19.7. The molecule has 0 heterocycles. The van der Waals surface area contributed by atoms with Crippen molar-refractivity contribution in [1.29, 1.82) is 0 Å². The number of carbonyl (C=O) groups is 1. The Kier molecular flexibility index (Phi) is 10.3. The Balaban J connectivity index is 2.25. The van der Waals surface area contributed by atoms with Crippen LogP contribution in [0.4, 0.5) is 0 Å². The minimum absolute atomic E-state index is 0.0235. The summed E-state index contributed by atoms with van der Waals surface area (Å²) in [6.07, 6.45) is 14.1. The van der Waals surface area contributed by atoms with E-state index in [0.717, 1.165) is 18.4 Å². The topological polar surface area (TPSA) is 26.3 Å². The van der Waals surface area contributed by atoms with Gasteiger partial charge in [0.25, 0.3) is 0 Å². The Bertz CT molecular complexity index is 545. The third-order valence-corrected chi connectivity index (χ3v) is 13.1. The van der Waals surface area contributed by atoms with E-state index in [-0.39, 0.29) is 11.9 Å². The summed E-state index contributed by atoms with van der Waals surface area (Å²) in [4.78, 5) is 12.2. The van der Waals surface area contributed by atoms with Crippen molar-refractivity contribution in [2.45, 2.75) is 102 Å². The minimum Gasteiger partial charge on any atom is -0.469 e. The van der Waals surface area contributed by atoms with Gasteiger partial charge in [0.15, 0.2) is 0 Å². The van der Waals surface area contributed by atoms with Gasteiger partial charge < -0.3 is 4.74 Å². The molecule has 2 nitrogen and oxygen atoms in total. The third-order valence-electron chi connectivity index (χ3n) is 7.05. The number of carbonyl (C=O) groups excluding carboxylic acids is 1. The lowest BCUT2D eigenvalue weighted by molar-refractivity contribution is -0.145. The third kappa shape index (κ3) is 6.20. The lowest BCUT2D eigenvalue weighted by Crippen LogP contribution is -2.51. The van der Waals surface area contributed by atoms with Crippen molar-refractivity contribution in [3.8, 4) is 0 Å². The van der Waals surface area contributed by atoms with E-state index in [4.69, 9.17) is 4.74 Å². The molecule has 0 amide bonds. The summed E-state index contributed by atoms with van der Waals surface area (Å²) >= 11 is 0. The maximum absolute atomic E-state index is 12.2. The Morgan fingerprint density at radius 1 is 0.929 bits per heavy atom. The lowest BCUT2D eigenvalue weighted by Gasteiger charge is -2.39. The van der Waals surface area contributed by atoms with E-state index in [0.29, 0.717) is 0 Å². The number of esters is 1. The van der Waals surface area contributed by atoms with Gasteiger partial charge in [0, 0.05) is 0 Å². The predicted octanol–water partition coefficient (Wildman–Crippen LogP) is 6.85. The molecule has 0 radical (unpaired) electrons. The van der Waals surface area contributed by atoms with Crippen molar-refractivity contribution < 1.29 is 9.53 Å². The minimum atomic E-state index is -1.65. The maximum atomic E-state index is 12.2. The first kappa shape index (κ1) is 23.2. The zero-order valence-electron chi connectivity index (χ0n) is 18.6. The molecule has 1 fully saturated rings. The highest BCUT2D eigenvalue weighted by Crippen LogP contribution is 2.47. The molecule has 2 atom stereocenters. The van der Waals surface area contributed by atoms with E-state index in [1.165, 1.54) is 69.9 Å². The van der Waals surface area contributed by atoms with E-state index >= 15 is 0 Å². The van der Waals surface area contributed by atoms with Crippen LogP contribution in [0, 0.1) is 5.92 Å². The molecule has 1 saturated carbocycles. The van der Waals surface area contributed by atoms with Gasteiger partial charge in [0.1, 0.15) is 0 Å². The van der Waals surface area contributed by atoms with Gasteiger partial charge >= 0.3 is 5.97 Å². The van der Waals surface area contributed by atoms with Gasteiger partial charge in [-0.2, -0.15) is 0 Å². The zero-order chi connectivity index (χ0) is 20.2. The molecule has 0 N–H and O–H groups in total. The molecular formula is C25H42O2Si. The predicted molar refractivity (Wildman–Crippen MR) is 123 cm³/mol. The number of benzene rings is 1. The molecular weight excluding hydrogens is 360 g/mol. The highest BCUT2D eigenvalue weighted by atomic mass is 28.3. The fourth-order valence-electron chi connectivity index (χ4n) is 5.43. The van der Waals surface area contributed by atoms with Crippen molar-refractivity contribution in [3.63, 3.8) is 0 Å². The van der Waals surface area contributed by atoms with Crippen molar-refractivity contribution >= 4 is 19.2 Å². The fraction of sp³-hybridized carbons (Fsp3) is 0.720. The van der Waals surface area contributed by atoms with Gasteiger partial charge in [0.05, 0.1) is 21.1 Å². The maximum Gasteiger partial charge on any atom is 0.308 e. The van der Waals surface area contributed by atoms with Crippen LogP contribution in [0.1, 0.15) is 84.5 Å². The molecule has 158 valence electrons. The summed E-state index contributed by atoms with van der Waals surface area (Å²) in [6.45, 7) is 4.59. The van der Waals surface area contributed by atoms with E-state index in [9.17, 15) is 4.79 Å². The zero-order valence-corrected chi connectivity index (χ0v) is 19.6. The van der Waals surface area contributed by atoms with Crippen LogP contribution < -0.4 is 5.19 Å². The largest absolute Gasteiger partial charge is 0.469 e. The number of rotatable bonds is 13. The van der Waals surface area contributed by atoms with Crippen LogP contribution in [0.15, 0.2) is 30.3 Å². The van der Waals surface area contributed by atoms with Gasteiger partial charge in [-0.05, 0) is 18.4 Å². The summed E-state index contributed by atoms with van der Waals surface area (Å²) < 4.78 is 5.10. The molecule has 0 aromatic heterocycles. The van der Waals surface area contributed by atoms with E-state index in [2.05, 4.69) is 44.2 Å². The Hall–Kier alpha value is -1.09. The Morgan fingerprint density at radius 2 is 1.54 bits per heavy atom. The standard InChI is InChI=1S/C25H42O2Si/c1-4-6-8-13-19-28(20-14-9-7-5-2,23-15-11-10-12-16-23)24-18-17-22(21-24)25(26)27-3/h10-12,15-16,22,24H,4-9,13-14,17-21H2,1-3H3/t22-,24+/m0/s1. The molecule has 0 aliphatic heterocycles. The van der Waals surface area contributed by atoms with Crippen molar-refractivity contribution in [3.05, 3.63) is 30.3 Å². The van der Waals surface area contributed by atoms with E-state index in [1.54, 1.807) is 12.3 Å². The van der Waals surface area contributed by atoms with Crippen LogP contribution in [-0.4, -0.2) is 21.2 Å². The van der Waals surface area contributed by atoms with Crippen LogP contribution >= 0.6 is 0 Å². The van der Waals surface area contributed by atoms with Crippen molar-refractivity contribution in [2.24, 2.45) is 5.92 Å². The number of hydrogen-bond acceptors (Lipinski definition) is 2. The molecule has 0 bridgehead atoms. The lowest BCUT2D eigenvalue weighted by atomic mass is 10.1. The van der Waals surface area contributed by atoms with Gasteiger partial charge in [0.2, 0.25) is 0 Å². The summed E-state index contributed by atoms with van der Waals surface area (Å²) in [6, 6.07) is 14.3. The average molecular weight is 403 g/mol. The van der Waals surface area contributed by atoms with Gasteiger partial charge in [-0.1, -0.05) is 119 Å². The number of unbranched alkanes of at least 4 members (excludes halogenated alkanes) is 6. The van der Waals surface area contributed by atoms with Crippen LogP contribution in [-0.2, 0) is 9.53 Å². The highest BCUT2D eigenvalue weighted by molar-refractivity contribution is 6.93. The van der Waals surface area contributed by atoms with E-state index in [1.807, 2.05) is 0 Å². The molecule has 0 saturated heterocycles. The smallest absolute Gasteiger partial charge is 0.308 e. The van der Waals surface area contributed by atoms with Crippen molar-refractivity contribution in [1.82, 2.24) is 0 Å². The van der Waals surface area contributed by atoms with Crippen molar-refractivity contribution in [2.75, 3.05) is 7.11 Å². The average Bonchev–Trinajstić information content (AvgIpc) is 3.23. The summed E-state index contributed by atoms with van der Waals surface area (Å²) in [5.41, 5.74) is 0.738. The van der Waals surface area contributed by atoms with E-state index < -0.39 is 8.07 Å². The van der Waals surface area contributed by atoms with Crippen LogP contribution in [0.5, 0.6) is 0 Å². The molecule has 0 unspecified atom stereocenters. The monoisotopic (exact) mass is 402 g/mol. The second-order valence-corrected chi connectivity index (χ2v) is 13.6. The summed E-state index contributed by atoms with van der Waals surface area (Å²) in [7, 11) is -0.0981. The number of ether oxygens (including phenoxy) is 1. The first-order chi connectivity index (χ1) is 13.7. The Morgan fingerprint density at radius 3 is 2.07 bits per heavy atom. The summed E-state index contributed by atoms with van der Waals surface area (Å²) in [5.74, 6) is 0.160. The molecule has 1 aliphatic rings. The molecule has 2 rings (SSSR count). The molecule has 28 heavy (non-hydrogen) atoms.